The van der Waals surface area contributed by atoms with E-state index in [0.29, 0.717) is 0 Å². The van der Waals surface area contributed by atoms with E-state index in [0.717, 1.165) is 23.7 Å². The molecule has 14 heavy (non-hydrogen) atoms. The summed E-state index contributed by atoms with van der Waals surface area (Å²) in [5.41, 5.74) is 0. The van der Waals surface area contributed by atoms with E-state index < -0.39 is 0 Å². The predicted octanol–water partition coefficient (Wildman–Crippen LogP) is 2.23. The Morgan fingerprint density at radius 1 is 0.643 bits per heavy atom. The number of likely N-dealkylation sites (tertiary alicyclic amines) is 1. The minimum absolute atomic E-state index is 1.11. The van der Waals surface area contributed by atoms with Gasteiger partial charge in [-0.15, -0.1) is 0 Å². The standard InChI is InChI=1S/C13H21N/c1-14-6-12-10-4-5-11(13(12)7-14)9-3-2-8(9)10/h8-13H,2-7H2,1H3. The van der Waals surface area contributed by atoms with Gasteiger partial charge in [0, 0.05) is 13.1 Å². The van der Waals surface area contributed by atoms with Crippen LogP contribution in [0.25, 0.3) is 0 Å². The van der Waals surface area contributed by atoms with Crippen LogP contribution in [0.3, 0.4) is 0 Å². The third-order valence-corrected chi connectivity index (χ3v) is 6.01. The predicted molar refractivity (Wildman–Crippen MR) is 56.9 cm³/mol. The van der Waals surface area contributed by atoms with Crippen LogP contribution in [0.5, 0.6) is 0 Å². The third kappa shape index (κ3) is 0.816. The van der Waals surface area contributed by atoms with E-state index in [2.05, 4.69) is 11.9 Å². The largest absolute Gasteiger partial charge is 0.306 e. The fraction of sp³-hybridized carbons (Fsp3) is 1.00. The fourth-order valence-electron chi connectivity index (χ4n) is 5.46. The minimum Gasteiger partial charge on any atom is -0.306 e. The van der Waals surface area contributed by atoms with Crippen molar-refractivity contribution in [1.82, 2.24) is 4.90 Å². The van der Waals surface area contributed by atoms with Crippen LogP contribution >= 0.6 is 0 Å². The van der Waals surface area contributed by atoms with Crippen molar-refractivity contribution in [2.24, 2.45) is 35.5 Å². The van der Waals surface area contributed by atoms with Crippen molar-refractivity contribution < 1.29 is 0 Å². The molecule has 1 aliphatic heterocycles. The fourth-order valence-corrected chi connectivity index (χ4v) is 5.46. The highest BCUT2D eigenvalue weighted by Crippen LogP contribution is 2.63. The lowest BCUT2D eigenvalue weighted by atomic mass is 9.45. The third-order valence-electron chi connectivity index (χ3n) is 6.01. The van der Waals surface area contributed by atoms with Crippen LogP contribution in [0.2, 0.25) is 0 Å². The van der Waals surface area contributed by atoms with Crippen LogP contribution < -0.4 is 0 Å². The van der Waals surface area contributed by atoms with Crippen LogP contribution in [0.15, 0.2) is 0 Å². The summed E-state index contributed by atoms with van der Waals surface area (Å²) in [6, 6.07) is 0. The second-order valence-electron chi connectivity index (χ2n) is 6.36. The summed E-state index contributed by atoms with van der Waals surface area (Å²) in [4.78, 5) is 2.60. The lowest BCUT2D eigenvalue weighted by Crippen LogP contribution is -2.54. The Bertz CT molecular complexity index is 232. The van der Waals surface area contributed by atoms with Crippen LogP contribution in [-0.2, 0) is 0 Å². The van der Waals surface area contributed by atoms with Crippen molar-refractivity contribution in [3.05, 3.63) is 0 Å². The molecule has 0 aromatic heterocycles. The highest BCUT2D eigenvalue weighted by Gasteiger charge is 2.58. The van der Waals surface area contributed by atoms with Crippen molar-refractivity contribution >= 4 is 0 Å². The summed E-state index contributed by atoms with van der Waals surface area (Å²) in [6.07, 6.45) is 6.33. The van der Waals surface area contributed by atoms with Gasteiger partial charge in [0.05, 0.1) is 0 Å². The maximum absolute atomic E-state index is 2.60. The van der Waals surface area contributed by atoms with Crippen LogP contribution in [0, 0.1) is 35.5 Å². The molecule has 6 atom stereocenters. The number of nitrogens with zero attached hydrogens (tertiary/aromatic N) is 1. The Balaban J connectivity index is 1.70. The summed E-state index contributed by atoms with van der Waals surface area (Å²) >= 11 is 0. The monoisotopic (exact) mass is 191 g/mol. The minimum atomic E-state index is 1.11. The maximum Gasteiger partial charge on any atom is 0.00127 e. The lowest BCUT2D eigenvalue weighted by molar-refractivity contribution is -0.108. The molecule has 4 aliphatic carbocycles. The molecule has 78 valence electrons. The van der Waals surface area contributed by atoms with Crippen molar-refractivity contribution in [3.63, 3.8) is 0 Å². The van der Waals surface area contributed by atoms with Gasteiger partial charge in [-0.25, -0.2) is 0 Å². The van der Waals surface area contributed by atoms with E-state index in [4.69, 9.17) is 0 Å². The lowest BCUT2D eigenvalue weighted by Gasteiger charge is -2.60. The first-order valence-corrected chi connectivity index (χ1v) is 6.53. The molecule has 0 radical (unpaired) electrons. The van der Waals surface area contributed by atoms with Gasteiger partial charge in [0.15, 0.2) is 0 Å². The Morgan fingerprint density at radius 3 is 1.43 bits per heavy atom. The summed E-state index contributed by atoms with van der Waals surface area (Å²) < 4.78 is 0. The normalized spacial score (nSPS) is 60.6. The van der Waals surface area contributed by atoms with E-state index in [1.54, 1.807) is 25.7 Å². The quantitative estimate of drug-likeness (QED) is 0.567. The van der Waals surface area contributed by atoms with Crippen molar-refractivity contribution in [2.75, 3.05) is 20.1 Å². The Kier molecular flexibility index (Phi) is 1.49. The first kappa shape index (κ1) is 8.15. The number of hydrogen-bond donors (Lipinski definition) is 0. The highest BCUT2D eigenvalue weighted by atomic mass is 15.1. The van der Waals surface area contributed by atoms with Gasteiger partial charge in [-0.3, -0.25) is 0 Å². The molecule has 5 aliphatic rings. The van der Waals surface area contributed by atoms with Crippen LogP contribution in [0.1, 0.15) is 25.7 Å². The van der Waals surface area contributed by atoms with Gasteiger partial charge in [0.25, 0.3) is 0 Å². The van der Waals surface area contributed by atoms with E-state index >= 15 is 0 Å². The van der Waals surface area contributed by atoms with Gasteiger partial charge in [-0.2, -0.15) is 0 Å². The zero-order valence-electron chi connectivity index (χ0n) is 9.15. The molecule has 0 spiro atoms. The molecule has 4 saturated carbocycles. The number of rotatable bonds is 0. The summed E-state index contributed by atoms with van der Waals surface area (Å²) in [7, 11) is 2.33. The van der Waals surface area contributed by atoms with Crippen molar-refractivity contribution in [3.8, 4) is 0 Å². The molecular weight excluding hydrogens is 170 g/mol. The van der Waals surface area contributed by atoms with Gasteiger partial charge in [-0.05, 0) is 68.2 Å². The summed E-state index contributed by atoms with van der Waals surface area (Å²) in [5.74, 6) is 6.88. The molecule has 1 nitrogen and oxygen atoms in total. The number of fused-ring (bicyclic) bond motifs is 1. The van der Waals surface area contributed by atoms with Crippen LogP contribution in [0.4, 0.5) is 0 Å². The molecule has 1 saturated heterocycles. The molecule has 6 unspecified atom stereocenters. The molecule has 1 heteroatoms. The zero-order chi connectivity index (χ0) is 9.28. The average molecular weight is 191 g/mol. The molecule has 5 rings (SSSR count). The van der Waals surface area contributed by atoms with Gasteiger partial charge >= 0.3 is 0 Å². The van der Waals surface area contributed by atoms with E-state index in [1.165, 1.54) is 24.9 Å². The average Bonchev–Trinajstić information content (AvgIpc) is 2.47. The summed E-state index contributed by atoms with van der Waals surface area (Å²) in [6.45, 7) is 2.85. The molecular formula is C13H21N. The first-order chi connectivity index (χ1) is 6.84. The topological polar surface area (TPSA) is 3.24 Å². The Labute approximate surface area is 86.9 Å². The zero-order valence-corrected chi connectivity index (χ0v) is 9.15. The molecule has 0 N–H and O–H groups in total. The Hall–Kier alpha value is -0.0400. The van der Waals surface area contributed by atoms with E-state index in [9.17, 15) is 0 Å². The molecule has 5 fully saturated rings. The van der Waals surface area contributed by atoms with Crippen molar-refractivity contribution in [1.29, 1.82) is 0 Å². The molecule has 1 heterocycles. The second-order valence-corrected chi connectivity index (χ2v) is 6.36. The molecule has 0 amide bonds. The molecule has 0 aromatic rings. The molecule has 2 bridgehead atoms. The number of hydrogen-bond acceptors (Lipinski definition) is 1. The second kappa shape index (κ2) is 2.55. The first-order valence-electron chi connectivity index (χ1n) is 6.53. The highest BCUT2D eigenvalue weighted by molar-refractivity contribution is 5.08. The van der Waals surface area contributed by atoms with Crippen molar-refractivity contribution in [2.45, 2.75) is 25.7 Å². The van der Waals surface area contributed by atoms with Crippen LogP contribution in [-0.4, -0.2) is 25.0 Å². The van der Waals surface area contributed by atoms with Gasteiger partial charge in [-0.1, -0.05) is 0 Å². The maximum atomic E-state index is 2.60. The van der Waals surface area contributed by atoms with Gasteiger partial charge < -0.3 is 4.90 Å². The molecule has 0 aromatic carbocycles. The van der Waals surface area contributed by atoms with E-state index in [1.807, 2.05) is 0 Å². The summed E-state index contributed by atoms with van der Waals surface area (Å²) in [5, 5.41) is 0. The Morgan fingerprint density at radius 2 is 1.00 bits per heavy atom. The van der Waals surface area contributed by atoms with Gasteiger partial charge in [0.2, 0.25) is 0 Å². The van der Waals surface area contributed by atoms with Gasteiger partial charge in [0.1, 0.15) is 0 Å². The smallest absolute Gasteiger partial charge is 0.00127 e. The SMILES string of the molecule is CN1CC2C3CCC(C4CCC43)C2C1. The van der Waals surface area contributed by atoms with E-state index in [-0.39, 0.29) is 0 Å².